The zero-order valence-corrected chi connectivity index (χ0v) is 15.9. The lowest BCUT2D eigenvalue weighted by Crippen LogP contribution is -2.25. The zero-order chi connectivity index (χ0) is 18.7. The van der Waals surface area contributed by atoms with Crippen molar-refractivity contribution in [1.29, 1.82) is 0 Å². The third-order valence-corrected chi connectivity index (χ3v) is 5.50. The van der Waals surface area contributed by atoms with Crippen LogP contribution in [0.4, 0.5) is 11.4 Å². The van der Waals surface area contributed by atoms with Crippen molar-refractivity contribution in [3.05, 3.63) is 47.5 Å². The smallest absolute Gasteiger partial charge is 0.262 e. The highest BCUT2D eigenvalue weighted by Crippen LogP contribution is 2.30. The number of anilines is 2. The third-order valence-electron chi connectivity index (χ3n) is 4.23. The average Bonchev–Trinajstić information content (AvgIpc) is 2.63. The number of nitrogens with one attached hydrogen (secondary N) is 2. The van der Waals surface area contributed by atoms with Crippen LogP contribution >= 0.6 is 11.8 Å². The van der Waals surface area contributed by atoms with Gasteiger partial charge in [0.2, 0.25) is 0 Å². The van der Waals surface area contributed by atoms with Crippen LogP contribution in [0.5, 0.6) is 5.75 Å². The van der Waals surface area contributed by atoms with Crippen LogP contribution in [0.1, 0.15) is 36.2 Å². The van der Waals surface area contributed by atoms with Crippen LogP contribution in [0.2, 0.25) is 0 Å². The summed E-state index contributed by atoms with van der Waals surface area (Å²) in [6, 6.07) is 11.1. The van der Waals surface area contributed by atoms with Gasteiger partial charge in [0.1, 0.15) is 5.75 Å². The summed E-state index contributed by atoms with van der Waals surface area (Å²) in [6.45, 7) is 6.33. The van der Waals surface area contributed by atoms with Crippen molar-refractivity contribution in [3.63, 3.8) is 0 Å². The molecule has 0 saturated heterocycles. The van der Waals surface area contributed by atoms with Crippen molar-refractivity contribution in [3.8, 4) is 5.75 Å². The van der Waals surface area contributed by atoms with Gasteiger partial charge < -0.3 is 15.4 Å². The summed E-state index contributed by atoms with van der Waals surface area (Å²) in [6.07, 6.45) is 1.11. The zero-order valence-electron chi connectivity index (χ0n) is 15.1. The Morgan fingerprint density at radius 1 is 1.31 bits per heavy atom. The van der Waals surface area contributed by atoms with Crippen molar-refractivity contribution in [2.45, 2.75) is 37.3 Å². The van der Waals surface area contributed by atoms with Gasteiger partial charge in [-0.3, -0.25) is 9.59 Å². The predicted molar refractivity (Wildman–Crippen MR) is 105 cm³/mol. The minimum absolute atomic E-state index is 0.0352. The lowest BCUT2D eigenvalue weighted by Gasteiger charge is -2.18. The maximum atomic E-state index is 12.6. The van der Waals surface area contributed by atoms with E-state index in [0.717, 1.165) is 17.7 Å². The topological polar surface area (TPSA) is 67.4 Å². The quantitative estimate of drug-likeness (QED) is 0.762. The number of thioether (sulfide) groups is 1. The fourth-order valence-electron chi connectivity index (χ4n) is 2.58. The van der Waals surface area contributed by atoms with E-state index in [1.54, 1.807) is 18.2 Å². The molecule has 5 nitrogen and oxygen atoms in total. The molecular formula is C20H22N2O3S. The Bertz CT molecular complexity index is 851. The van der Waals surface area contributed by atoms with E-state index in [-0.39, 0.29) is 18.4 Å². The van der Waals surface area contributed by atoms with E-state index in [0.29, 0.717) is 22.3 Å². The number of amides is 2. The molecule has 0 saturated carbocycles. The maximum Gasteiger partial charge on any atom is 0.262 e. The number of carbonyl (C=O) groups is 2. The molecule has 6 heteroatoms. The Kier molecular flexibility index (Phi) is 5.52. The first kappa shape index (κ1) is 18.3. The predicted octanol–water partition coefficient (Wildman–Crippen LogP) is 4.47. The fourth-order valence-corrected chi connectivity index (χ4v) is 3.60. The van der Waals surface area contributed by atoms with E-state index < -0.39 is 0 Å². The van der Waals surface area contributed by atoms with Crippen molar-refractivity contribution in [2.75, 3.05) is 17.2 Å². The molecule has 0 bridgehead atoms. The lowest BCUT2D eigenvalue weighted by molar-refractivity contribution is -0.118. The van der Waals surface area contributed by atoms with Crippen LogP contribution in [-0.4, -0.2) is 23.7 Å². The Morgan fingerprint density at radius 2 is 2.12 bits per heavy atom. The molecule has 1 aliphatic heterocycles. The van der Waals surface area contributed by atoms with E-state index in [9.17, 15) is 9.59 Å². The molecule has 2 amide bonds. The van der Waals surface area contributed by atoms with Crippen LogP contribution in [0.3, 0.4) is 0 Å². The molecule has 2 N–H and O–H groups in total. The van der Waals surface area contributed by atoms with E-state index in [1.807, 2.05) is 30.8 Å². The molecule has 3 rings (SSSR count). The van der Waals surface area contributed by atoms with Gasteiger partial charge in [-0.1, -0.05) is 13.8 Å². The largest absolute Gasteiger partial charge is 0.482 e. The second-order valence-corrected chi connectivity index (χ2v) is 7.83. The van der Waals surface area contributed by atoms with Gasteiger partial charge in [-0.25, -0.2) is 0 Å². The van der Waals surface area contributed by atoms with Crippen molar-refractivity contribution in [2.24, 2.45) is 0 Å². The average molecular weight is 370 g/mol. The van der Waals surface area contributed by atoms with E-state index in [2.05, 4.69) is 30.5 Å². The number of hydrogen-bond donors (Lipinski definition) is 2. The first-order valence-electron chi connectivity index (χ1n) is 8.61. The summed E-state index contributed by atoms with van der Waals surface area (Å²) in [5.74, 6) is 0.105. The molecule has 1 heterocycles. The molecule has 1 unspecified atom stereocenters. The molecule has 0 spiro atoms. The summed E-state index contributed by atoms with van der Waals surface area (Å²) >= 11 is 1.83. The van der Waals surface area contributed by atoms with Gasteiger partial charge in [0.05, 0.1) is 5.69 Å². The summed E-state index contributed by atoms with van der Waals surface area (Å²) in [5, 5.41) is 6.22. The number of hydrogen-bond acceptors (Lipinski definition) is 4. The molecule has 26 heavy (non-hydrogen) atoms. The lowest BCUT2D eigenvalue weighted by atomic mass is 10.1. The Hall–Kier alpha value is -2.47. The number of carbonyl (C=O) groups excluding carboxylic acids is 2. The molecule has 136 valence electrons. The first-order chi connectivity index (χ1) is 12.5. The number of fused-ring (bicyclic) bond motifs is 1. The Balaban J connectivity index is 1.73. The SMILES string of the molecule is CCC(C)Sc1ccc(NC(=O)c2ccc3c(c2)OCC(=O)N3)c(C)c1. The van der Waals surface area contributed by atoms with Crippen LogP contribution in [0, 0.1) is 6.92 Å². The summed E-state index contributed by atoms with van der Waals surface area (Å²) in [7, 11) is 0. The van der Waals surface area contributed by atoms with Gasteiger partial charge in [-0.2, -0.15) is 0 Å². The van der Waals surface area contributed by atoms with Crippen LogP contribution in [0.15, 0.2) is 41.3 Å². The van der Waals surface area contributed by atoms with E-state index in [1.165, 1.54) is 4.90 Å². The van der Waals surface area contributed by atoms with Gasteiger partial charge in [-0.15, -0.1) is 11.8 Å². The highest BCUT2D eigenvalue weighted by molar-refractivity contribution is 7.99. The summed E-state index contributed by atoms with van der Waals surface area (Å²) in [4.78, 5) is 25.1. The van der Waals surface area contributed by atoms with Gasteiger partial charge in [0, 0.05) is 21.4 Å². The number of benzene rings is 2. The molecular weight excluding hydrogens is 348 g/mol. The summed E-state index contributed by atoms with van der Waals surface area (Å²) in [5.41, 5.74) is 2.88. The fraction of sp³-hybridized carbons (Fsp3) is 0.300. The monoisotopic (exact) mass is 370 g/mol. The van der Waals surface area contributed by atoms with Crippen LogP contribution in [0.25, 0.3) is 0 Å². The van der Waals surface area contributed by atoms with E-state index >= 15 is 0 Å². The normalized spacial score (nSPS) is 14.0. The van der Waals surface area contributed by atoms with E-state index in [4.69, 9.17) is 4.74 Å². The third kappa shape index (κ3) is 4.19. The van der Waals surface area contributed by atoms with Gasteiger partial charge in [0.15, 0.2) is 6.61 Å². The van der Waals surface area contributed by atoms with Crippen LogP contribution in [-0.2, 0) is 4.79 Å². The molecule has 0 aromatic heterocycles. The van der Waals surface area contributed by atoms with Crippen molar-refractivity contribution < 1.29 is 14.3 Å². The Morgan fingerprint density at radius 3 is 2.85 bits per heavy atom. The van der Waals surface area contributed by atoms with Crippen molar-refractivity contribution in [1.82, 2.24) is 0 Å². The highest BCUT2D eigenvalue weighted by Gasteiger charge is 2.18. The molecule has 2 aromatic carbocycles. The number of aryl methyl sites for hydroxylation is 1. The number of ether oxygens (including phenoxy) is 1. The second kappa shape index (κ2) is 7.83. The highest BCUT2D eigenvalue weighted by atomic mass is 32.2. The molecule has 1 aliphatic rings. The molecule has 0 radical (unpaired) electrons. The van der Waals surface area contributed by atoms with Gasteiger partial charge in [-0.05, 0) is 55.3 Å². The second-order valence-electron chi connectivity index (χ2n) is 6.32. The first-order valence-corrected chi connectivity index (χ1v) is 9.49. The van der Waals surface area contributed by atoms with Crippen LogP contribution < -0.4 is 15.4 Å². The minimum Gasteiger partial charge on any atom is -0.482 e. The van der Waals surface area contributed by atoms with Gasteiger partial charge in [0.25, 0.3) is 11.8 Å². The maximum absolute atomic E-state index is 12.6. The Labute approximate surface area is 157 Å². The number of rotatable bonds is 5. The molecule has 0 aliphatic carbocycles. The minimum atomic E-state index is -0.210. The summed E-state index contributed by atoms with van der Waals surface area (Å²) < 4.78 is 5.37. The molecule has 0 fully saturated rings. The molecule has 2 aromatic rings. The molecule has 1 atom stereocenters. The standard InChI is InChI=1S/C20H22N2O3S/c1-4-13(3)26-15-6-8-16(12(2)9-15)22-20(24)14-5-7-17-18(10-14)25-11-19(23)21-17/h5-10,13H,4,11H2,1-3H3,(H,21,23)(H,22,24). The van der Waals surface area contributed by atoms with Crippen molar-refractivity contribution >= 4 is 35.0 Å². The van der Waals surface area contributed by atoms with Gasteiger partial charge >= 0.3 is 0 Å².